The van der Waals surface area contributed by atoms with Crippen molar-refractivity contribution in [2.45, 2.75) is 23.2 Å². The van der Waals surface area contributed by atoms with Gasteiger partial charge in [0.05, 0.1) is 11.5 Å². The summed E-state index contributed by atoms with van der Waals surface area (Å²) < 4.78 is 37.7. The van der Waals surface area contributed by atoms with E-state index in [-0.39, 0.29) is 28.8 Å². The van der Waals surface area contributed by atoms with Crippen molar-refractivity contribution in [3.8, 4) is 0 Å². The van der Waals surface area contributed by atoms with E-state index in [2.05, 4.69) is 0 Å². The van der Waals surface area contributed by atoms with Crippen LogP contribution in [-0.4, -0.2) is 35.3 Å². The van der Waals surface area contributed by atoms with E-state index >= 15 is 0 Å². The number of carbonyl (C=O) groups is 2. The summed E-state index contributed by atoms with van der Waals surface area (Å²) in [5, 5.41) is 0. The summed E-state index contributed by atoms with van der Waals surface area (Å²) in [6.45, 7) is 0.562. The van der Waals surface area contributed by atoms with Crippen LogP contribution in [0, 0.1) is 5.92 Å². The van der Waals surface area contributed by atoms with Gasteiger partial charge in [-0.25, -0.2) is 0 Å². The standard InChI is InChI=1S/C14H15F3N2O2S/c15-14(16,17)22-11-6-2-1-5-10(11)13(21)19-7-3-4-9(8-19)12(18)20/h1-2,5-6,9H,3-4,7-8H2,(H2,18,20)/t9-/m1/s1. The largest absolute Gasteiger partial charge is 0.446 e. The minimum Gasteiger partial charge on any atom is -0.369 e. The van der Waals surface area contributed by atoms with Crippen LogP contribution in [-0.2, 0) is 4.79 Å². The quantitative estimate of drug-likeness (QED) is 0.866. The Balaban J connectivity index is 2.20. The van der Waals surface area contributed by atoms with Crippen LogP contribution < -0.4 is 5.73 Å². The Labute approximate surface area is 129 Å². The highest BCUT2D eigenvalue weighted by molar-refractivity contribution is 8.00. The van der Waals surface area contributed by atoms with Crippen molar-refractivity contribution in [3.63, 3.8) is 0 Å². The van der Waals surface area contributed by atoms with Crippen LogP contribution in [0.15, 0.2) is 29.2 Å². The van der Waals surface area contributed by atoms with E-state index in [4.69, 9.17) is 5.73 Å². The van der Waals surface area contributed by atoms with Gasteiger partial charge in [0.25, 0.3) is 5.91 Å². The van der Waals surface area contributed by atoms with E-state index < -0.39 is 23.2 Å². The van der Waals surface area contributed by atoms with Crippen molar-refractivity contribution >= 4 is 23.6 Å². The fraction of sp³-hybridized carbons (Fsp3) is 0.429. The smallest absolute Gasteiger partial charge is 0.369 e. The fourth-order valence-electron chi connectivity index (χ4n) is 2.42. The number of likely N-dealkylation sites (tertiary alicyclic amines) is 1. The van der Waals surface area contributed by atoms with E-state index in [0.717, 1.165) is 0 Å². The Bertz CT molecular complexity index is 577. The number of primary amides is 1. The summed E-state index contributed by atoms with van der Waals surface area (Å²) in [7, 11) is 0. The van der Waals surface area contributed by atoms with Crippen molar-refractivity contribution in [2.24, 2.45) is 11.7 Å². The summed E-state index contributed by atoms with van der Waals surface area (Å²) in [6.07, 6.45) is 1.20. The molecule has 120 valence electrons. The van der Waals surface area contributed by atoms with Gasteiger partial charge in [0, 0.05) is 18.0 Å². The zero-order valence-electron chi connectivity index (χ0n) is 11.6. The summed E-state index contributed by atoms with van der Waals surface area (Å²) in [4.78, 5) is 25.0. The maximum Gasteiger partial charge on any atom is 0.446 e. The zero-order valence-corrected chi connectivity index (χ0v) is 12.4. The molecule has 1 heterocycles. The third kappa shape index (κ3) is 4.16. The molecule has 2 amide bonds. The van der Waals surface area contributed by atoms with Gasteiger partial charge in [-0.1, -0.05) is 12.1 Å². The first kappa shape index (κ1) is 16.7. The molecule has 0 bridgehead atoms. The molecular weight excluding hydrogens is 317 g/mol. The van der Waals surface area contributed by atoms with Crippen molar-refractivity contribution in [2.75, 3.05) is 13.1 Å². The van der Waals surface area contributed by atoms with E-state index in [1.807, 2.05) is 0 Å². The van der Waals surface area contributed by atoms with Gasteiger partial charge < -0.3 is 10.6 Å². The Morgan fingerprint density at radius 3 is 2.59 bits per heavy atom. The van der Waals surface area contributed by atoms with Crippen LogP contribution in [0.4, 0.5) is 13.2 Å². The molecule has 1 aliphatic heterocycles. The first-order chi connectivity index (χ1) is 10.3. The maximum absolute atomic E-state index is 12.6. The van der Waals surface area contributed by atoms with Crippen molar-refractivity contribution in [3.05, 3.63) is 29.8 Å². The van der Waals surface area contributed by atoms with Crippen LogP contribution in [0.2, 0.25) is 0 Å². The second kappa shape index (κ2) is 6.60. The van der Waals surface area contributed by atoms with Crippen molar-refractivity contribution in [1.29, 1.82) is 0 Å². The molecule has 0 saturated carbocycles. The molecule has 2 rings (SSSR count). The van der Waals surface area contributed by atoms with Crippen LogP contribution in [0.25, 0.3) is 0 Å². The van der Waals surface area contributed by atoms with Gasteiger partial charge in [0.1, 0.15) is 0 Å². The average Bonchev–Trinajstić information content (AvgIpc) is 2.45. The number of nitrogens with two attached hydrogens (primary N) is 1. The Morgan fingerprint density at radius 2 is 1.95 bits per heavy atom. The lowest BCUT2D eigenvalue weighted by Crippen LogP contribution is -2.44. The first-order valence-electron chi connectivity index (χ1n) is 6.71. The molecule has 2 N–H and O–H groups in total. The molecule has 0 radical (unpaired) electrons. The number of rotatable bonds is 3. The highest BCUT2D eigenvalue weighted by Crippen LogP contribution is 2.38. The SMILES string of the molecule is NC(=O)[C@@H]1CCCN(C(=O)c2ccccc2SC(F)(F)F)C1. The van der Waals surface area contributed by atoms with Gasteiger partial charge in [-0.15, -0.1) is 0 Å². The molecule has 0 spiro atoms. The normalized spacial score (nSPS) is 19.0. The third-order valence-corrected chi connectivity index (χ3v) is 4.26. The van der Waals surface area contributed by atoms with Gasteiger partial charge in [0.2, 0.25) is 5.91 Å². The predicted molar refractivity (Wildman–Crippen MR) is 76.2 cm³/mol. The van der Waals surface area contributed by atoms with Crippen LogP contribution in [0.1, 0.15) is 23.2 Å². The Kier molecular flexibility index (Phi) is 5.00. The minimum absolute atomic E-state index is 0.00468. The van der Waals surface area contributed by atoms with Crippen LogP contribution in [0.5, 0.6) is 0 Å². The van der Waals surface area contributed by atoms with Gasteiger partial charge >= 0.3 is 5.51 Å². The van der Waals surface area contributed by atoms with Gasteiger partial charge in [-0.3, -0.25) is 9.59 Å². The summed E-state index contributed by atoms with van der Waals surface area (Å²) in [5.41, 5.74) is 0.783. The van der Waals surface area contributed by atoms with Crippen LogP contribution in [0.3, 0.4) is 0 Å². The maximum atomic E-state index is 12.6. The highest BCUT2D eigenvalue weighted by Gasteiger charge is 2.33. The van der Waals surface area contributed by atoms with E-state index in [1.165, 1.54) is 29.2 Å². The molecule has 1 fully saturated rings. The van der Waals surface area contributed by atoms with E-state index in [1.54, 1.807) is 0 Å². The van der Waals surface area contributed by atoms with Crippen LogP contribution >= 0.6 is 11.8 Å². The highest BCUT2D eigenvalue weighted by atomic mass is 32.2. The fourth-order valence-corrected chi connectivity index (χ4v) is 3.08. The number of alkyl halides is 3. The number of carbonyl (C=O) groups excluding carboxylic acids is 2. The number of benzene rings is 1. The molecule has 4 nitrogen and oxygen atoms in total. The second-order valence-electron chi connectivity index (χ2n) is 5.04. The molecule has 1 aliphatic rings. The molecule has 0 aromatic heterocycles. The lowest BCUT2D eigenvalue weighted by Gasteiger charge is -2.31. The van der Waals surface area contributed by atoms with E-state index in [9.17, 15) is 22.8 Å². The third-order valence-electron chi connectivity index (χ3n) is 3.45. The minimum atomic E-state index is -4.46. The number of hydrogen-bond acceptors (Lipinski definition) is 3. The molecule has 1 aromatic rings. The molecular formula is C14H15F3N2O2S. The summed E-state index contributed by atoms with van der Waals surface area (Å²) in [6, 6.07) is 5.60. The monoisotopic (exact) mass is 332 g/mol. The Hall–Kier alpha value is -1.70. The van der Waals surface area contributed by atoms with Crippen molar-refractivity contribution in [1.82, 2.24) is 4.90 Å². The molecule has 1 atom stereocenters. The molecule has 8 heteroatoms. The number of halogens is 3. The zero-order chi connectivity index (χ0) is 16.3. The van der Waals surface area contributed by atoms with Gasteiger partial charge in [-0.2, -0.15) is 13.2 Å². The molecule has 22 heavy (non-hydrogen) atoms. The van der Waals surface area contributed by atoms with Gasteiger partial charge in [-0.05, 0) is 36.7 Å². The number of nitrogens with zero attached hydrogens (tertiary/aromatic N) is 1. The number of amides is 2. The summed E-state index contributed by atoms with van der Waals surface area (Å²) in [5.74, 6) is -1.44. The number of thioether (sulfide) groups is 1. The average molecular weight is 332 g/mol. The van der Waals surface area contributed by atoms with E-state index in [0.29, 0.717) is 19.4 Å². The Morgan fingerprint density at radius 1 is 1.27 bits per heavy atom. The number of piperidine rings is 1. The predicted octanol–water partition coefficient (Wildman–Crippen LogP) is 2.64. The molecule has 1 aromatic carbocycles. The van der Waals surface area contributed by atoms with Crippen molar-refractivity contribution < 1.29 is 22.8 Å². The number of hydrogen-bond donors (Lipinski definition) is 1. The topological polar surface area (TPSA) is 63.4 Å². The second-order valence-corrected chi connectivity index (χ2v) is 6.14. The lowest BCUT2D eigenvalue weighted by atomic mass is 9.97. The summed E-state index contributed by atoms with van der Waals surface area (Å²) >= 11 is -0.312. The molecule has 1 saturated heterocycles. The van der Waals surface area contributed by atoms with Gasteiger partial charge in [0.15, 0.2) is 0 Å². The first-order valence-corrected chi connectivity index (χ1v) is 7.53. The molecule has 0 unspecified atom stereocenters. The lowest BCUT2D eigenvalue weighted by molar-refractivity contribution is -0.123. The molecule has 0 aliphatic carbocycles.